The summed E-state index contributed by atoms with van der Waals surface area (Å²) in [6.45, 7) is 2.69. The second kappa shape index (κ2) is 6.10. The van der Waals surface area contributed by atoms with Gasteiger partial charge in [0.1, 0.15) is 6.10 Å². The second-order valence-electron chi connectivity index (χ2n) is 2.98. The van der Waals surface area contributed by atoms with Crippen LogP contribution in [0.25, 0.3) is 0 Å². The second-order valence-corrected chi connectivity index (χ2v) is 2.98. The number of ether oxygens (including phenoxy) is 3. The maximum atomic E-state index is 9.18. The first-order chi connectivity index (χ1) is 6.72. The topological polar surface area (TPSA) is 60.0 Å². The van der Waals surface area contributed by atoms with Crippen LogP contribution in [-0.2, 0) is 14.2 Å². The molecule has 0 amide bonds. The zero-order chi connectivity index (χ0) is 10.4. The van der Waals surface area contributed by atoms with Crippen LogP contribution in [0.1, 0.15) is 6.92 Å². The van der Waals surface area contributed by atoms with E-state index >= 15 is 0 Å². The molecule has 1 heterocycles. The highest BCUT2D eigenvalue weighted by Gasteiger charge is 2.14. The van der Waals surface area contributed by atoms with E-state index < -0.39 is 6.41 Å². The number of hydrogen-bond acceptors (Lipinski definition) is 5. The lowest BCUT2D eigenvalue weighted by Crippen LogP contribution is -2.35. The maximum Gasteiger partial charge on any atom is 0.213 e. The highest BCUT2D eigenvalue weighted by Crippen LogP contribution is 2.05. The quantitative estimate of drug-likeness (QED) is 0.492. The molecule has 0 saturated carbocycles. The van der Waals surface area contributed by atoms with E-state index in [1.54, 1.807) is 7.05 Å². The van der Waals surface area contributed by atoms with Gasteiger partial charge in [-0.05, 0) is 14.0 Å². The average molecular weight is 203 g/mol. The minimum absolute atomic E-state index is 0.238. The third-order valence-electron chi connectivity index (χ3n) is 1.82. The highest BCUT2D eigenvalue weighted by molar-refractivity contribution is 4.90. The van der Waals surface area contributed by atoms with Gasteiger partial charge in [0.25, 0.3) is 0 Å². The Labute approximate surface area is 83.6 Å². The zero-order valence-electron chi connectivity index (χ0n) is 8.47. The summed E-state index contributed by atoms with van der Waals surface area (Å²) in [4.78, 5) is 0. The van der Waals surface area contributed by atoms with Crippen molar-refractivity contribution in [1.29, 1.82) is 0 Å². The van der Waals surface area contributed by atoms with Crippen LogP contribution in [0.4, 0.5) is 0 Å². The summed E-state index contributed by atoms with van der Waals surface area (Å²) < 4.78 is 15.7. The van der Waals surface area contributed by atoms with Gasteiger partial charge in [-0.1, -0.05) is 12.2 Å². The smallest absolute Gasteiger partial charge is 0.213 e. The Morgan fingerprint density at radius 2 is 2.36 bits per heavy atom. The summed E-state index contributed by atoms with van der Waals surface area (Å²) in [5, 5.41) is 11.8. The van der Waals surface area contributed by atoms with E-state index in [9.17, 15) is 5.11 Å². The molecule has 0 fully saturated rings. The molecule has 5 nitrogen and oxygen atoms in total. The molecular formula is C9H17NO4. The van der Waals surface area contributed by atoms with Crippen molar-refractivity contribution in [3.05, 3.63) is 12.2 Å². The van der Waals surface area contributed by atoms with Gasteiger partial charge in [-0.15, -0.1) is 0 Å². The average Bonchev–Trinajstić information content (AvgIpc) is 2.16. The molecule has 0 aromatic rings. The molecule has 1 aliphatic rings. The minimum Gasteiger partial charge on any atom is -0.356 e. The van der Waals surface area contributed by atoms with Gasteiger partial charge >= 0.3 is 0 Å². The van der Waals surface area contributed by atoms with Gasteiger partial charge in [0.05, 0.1) is 13.2 Å². The monoisotopic (exact) mass is 203 g/mol. The summed E-state index contributed by atoms with van der Waals surface area (Å²) in [5.74, 6) is 0. The lowest BCUT2D eigenvalue weighted by atomic mass is 10.3. The largest absolute Gasteiger partial charge is 0.356 e. The number of aliphatic hydroxyl groups excluding tert-OH is 1. The number of nitrogens with one attached hydrogen (secondary N) is 1. The standard InChI is InChI=1S/C9H17NO4/c1-7-12-5-3-4-8(6-13-7)14-9(11)10-2/h3-4,7-11H,5-6H2,1-2H3/b4-3+. The third-order valence-corrected chi connectivity index (χ3v) is 1.82. The maximum absolute atomic E-state index is 9.18. The van der Waals surface area contributed by atoms with Gasteiger partial charge in [0.2, 0.25) is 6.41 Å². The molecule has 0 aromatic carbocycles. The van der Waals surface area contributed by atoms with Crippen LogP contribution >= 0.6 is 0 Å². The van der Waals surface area contributed by atoms with E-state index in [1.807, 2.05) is 19.1 Å². The van der Waals surface area contributed by atoms with Gasteiger partial charge in [-0.2, -0.15) is 0 Å². The molecule has 14 heavy (non-hydrogen) atoms. The van der Waals surface area contributed by atoms with Gasteiger partial charge < -0.3 is 19.3 Å². The Morgan fingerprint density at radius 1 is 1.57 bits per heavy atom. The van der Waals surface area contributed by atoms with Crippen molar-refractivity contribution in [3.63, 3.8) is 0 Å². The van der Waals surface area contributed by atoms with Gasteiger partial charge in [-0.25, -0.2) is 0 Å². The summed E-state index contributed by atoms with van der Waals surface area (Å²) in [6.07, 6.45) is 2.21. The van der Waals surface area contributed by atoms with Crippen molar-refractivity contribution in [3.8, 4) is 0 Å². The van der Waals surface area contributed by atoms with Crippen molar-refractivity contribution in [2.24, 2.45) is 0 Å². The van der Waals surface area contributed by atoms with Crippen molar-refractivity contribution >= 4 is 0 Å². The van der Waals surface area contributed by atoms with Crippen LogP contribution in [0.2, 0.25) is 0 Å². The molecule has 0 saturated heterocycles. The number of rotatable bonds is 3. The summed E-state index contributed by atoms with van der Waals surface area (Å²) in [7, 11) is 1.61. The SMILES string of the molecule is CNC(O)OC1/C=C/COC(C)OC1. The first-order valence-corrected chi connectivity index (χ1v) is 4.63. The van der Waals surface area contributed by atoms with Crippen LogP contribution in [0.15, 0.2) is 12.2 Å². The van der Waals surface area contributed by atoms with Crippen LogP contribution in [-0.4, -0.2) is 44.2 Å². The van der Waals surface area contributed by atoms with Crippen LogP contribution < -0.4 is 5.32 Å². The molecule has 5 heteroatoms. The minimum atomic E-state index is -0.969. The Morgan fingerprint density at radius 3 is 3.07 bits per heavy atom. The normalized spacial score (nSPS) is 33.1. The van der Waals surface area contributed by atoms with E-state index in [2.05, 4.69) is 5.32 Å². The van der Waals surface area contributed by atoms with E-state index in [-0.39, 0.29) is 12.4 Å². The first-order valence-electron chi connectivity index (χ1n) is 4.63. The molecule has 3 atom stereocenters. The summed E-state index contributed by atoms with van der Waals surface area (Å²) in [5.41, 5.74) is 0. The molecule has 3 unspecified atom stereocenters. The Kier molecular flexibility index (Phi) is 5.06. The molecule has 82 valence electrons. The molecule has 1 aliphatic heterocycles. The fourth-order valence-electron chi connectivity index (χ4n) is 1.05. The van der Waals surface area contributed by atoms with Gasteiger partial charge in [-0.3, -0.25) is 5.32 Å². The number of hydrogen-bond donors (Lipinski definition) is 2. The Bertz CT molecular complexity index is 186. The van der Waals surface area contributed by atoms with E-state index in [0.29, 0.717) is 13.2 Å². The summed E-state index contributed by atoms with van der Waals surface area (Å²) >= 11 is 0. The molecule has 2 N–H and O–H groups in total. The highest BCUT2D eigenvalue weighted by atomic mass is 16.7. The molecule has 0 radical (unpaired) electrons. The lowest BCUT2D eigenvalue weighted by molar-refractivity contribution is -0.185. The zero-order valence-corrected chi connectivity index (χ0v) is 8.47. The molecule has 1 rings (SSSR count). The third kappa shape index (κ3) is 4.17. The van der Waals surface area contributed by atoms with E-state index in [4.69, 9.17) is 14.2 Å². The predicted octanol–water partition coefficient (Wildman–Crippen LogP) is -0.184. The Hall–Kier alpha value is -0.460. The van der Waals surface area contributed by atoms with Crippen LogP contribution in [0, 0.1) is 0 Å². The molecule has 0 aromatic heterocycles. The Balaban J connectivity index is 2.38. The predicted molar refractivity (Wildman–Crippen MR) is 50.4 cm³/mol. The van der Waals surface area contributed by atoms with Gasteiger partial charge in [0.15, 0.2) is 6.29 Å². The molecule has 0 spiro atoms. The van der Waals surface area contributed by atoms with Crippen molar-refractivity contribution in [1.82, 2.24) is 5.32 Å². The fourth-order valence-corrected chi connectivity index (χ4v) is 1.05. The molecule has 0 bridgehead atoms. The van der Waals surface area contributed by atoms with E-state index in [1.165, 1.54) is 0 Å². The van der Waals surface area contributed by atoms with Gasteiger partial charge in [0, 0.05) is 0 Å². The fraction of sp³-hybridized carbons (Fsp3) is 0.778. The van der Waals surface area contributed by atoms with Crippen LogP contribution in [0.3, 0.4) is 0 Å². The molecular weight excluding hydrogens is 186 g/mol. The lowest BCUT2D eigenvalue weighted by Gasteiger charge is -2.22. The first kappa shape index (κ1) is 11.6. The number of aliphatic hydroxyl groups is 1. The van der Waals surface area contributed by atoms with Crippen molar-refractivity contribution < 1.29 is 19.3 Å². The van der Waals surface area contributed by atoms with Crippen LogP contribution in [0.5, 0.6) is 0 Å². The molecule has 0 aliphatic carbocycles. The van der Waals surface area contributed by atoms with Crippen molar-refractivity contribution in [2.75, 3.05) is 20.3 Å². The summed E-state index contributed by atoms with van der Waals surface area (Å²) in [6, 6.07) is 0. The van der Waals surface area contributed by atoms with Crippen molar-refractivity contribution in [2.45, 2.75) is 25.7 Å². The van der Waals surface area contributed by atoms with E-state index in [0.717, 1.165) is 0 Å².